The van der Waals surface area contributed by atoms with Crippen LogP contribution in [-0.4, -0.2) is 45.9 Å². The van der Waals surface area contributed by atoms with Crippen LogP contribution in [0.3, 0.4) is 0 Å². The van der Waals surface area contributed by atoms with Crippen molar-refractivity contribution < 1.29 is 9.59 Å². The lowest BCUT2D eigenvalue weighted by atomic mass is 9.88. The van der Waals surface area contributed by atoms with E-state index in [1.165, 1.54) is 5.57 Å². The molecule has 0 spiro atoms. The molecule has 142 valence electrons. The highest BCUT2D eigenvalue weighted by Gasteiger charge is 2.38. The zero-order valence-corrected chi connectivity index (χ0v) is 16.0. The van der Waals surface area contributed by atoms with Crippen LogP contribution < -0.4 is 5.32 Å². The smallest absolute Gasteiger partial charge is 0.250 e. The molecule has 1 saturated carbocycles. The minimum atomic E-state index is -0.0794. The molecule has 6 heteroatoms. The lowest BCUT2D eigenvalue weighted by Gasteiger charge is -2.26. The van der Waals surface area contributed by atoms with Gasteiger partial charge in [-0.2, -0.15) is 0 Å². The number of aromatic nitrogens is 2. The SMILES string of the molecule is CN1C(=O)C(CC(=O)NCCc2nc3ccccc3n2C)=C2CCCCC21. The van der Waals surface area contributed by atoms with Gasteiger partial charge in [-0.25, -0.2) is 4.98 Å². The fourth-order valence-corrected chi connectivity index (χ4v) is 4.41. The molecular weight excluding hydrogens is 340 g/mol. The van der Waals surface area contributed by atoms with Crippen LogP contribution in [0, 0.1) is 0 Å². The number of fused-ring (bicyclic) bond motifs is 2. The third-order valence-corrected chi connectivity index (χ3v) is 5.90. The summed E-state index contributed by atoms with van der Waals surface area (Å²) in [5.74, 6) is 0.897. The zero-order valence-electron chi connectivity index (χ0n) is 16.0. The quantitative estimate of drug-likeness (QED) is 0.883. The van der Waals surface area contributed by atoms with Crippen LogP contribution in [0.4, 0.5) is 0 Å². The number of carbonyl (C=O) groups is 2. The molecule has 1 aliphatic carbocycles. The number of para-hydroxylation sites is 2. The summed E-state index contributed by atoms with van der Waals surface area (Å²) in [7, 11) is 3.85. The molecule has 2 heterocycles. The van der Waals surface area contributed by atoms with E-state index in [1.807, 2.05) is 43.3 Å². The summed E-state index contributed by atoms with van der Waals surface area (Å²) in [6.07, 6.45) is 5.10. The molecule has 1 N–H and O–H groups in total. The van der Waals surface area contributed by atoms with E-state index in [0.717, 1.165) is 48.1 Å². The summed E-state index contributed by atoms with van der Waals surface area (Å²) in [5, 5.41) is 2.96. The maximum Gasteiger partial charge on any atom is 0.250 e. The molecule has 1 aromatic carbocycles. The third-order valence-electron chi connectivity index (χ3n) is 5.90. The number of imidazole rings is 1. The van der Waals surface area contributed by atoms with E-state index in [1.54, 1.807) is 0 Å². The van der Waals surface area contributed by atoms with E-state index in [-0.39, 0.29) is 24.3 Å². The number of carbonyl (C=O) groups excluding carboxylic acids is 2. The Morgan fingerprint density at radius 2 is 2.07 bits per heavy atom. The van der Waals surface area contributed by atoms with Crippen molar-refractivity contribution in [1.82, 2.24) is 19.8 Å². The fraction of sp³-hybridized carbons (Fsp3) is 0.476. The molecule has 2 amide bonds. The number of hydrogen-bond acceptors (Lipinski definition) is 3. The third kappa shape index (κ3) is 3.24. The highest BCUT2D eigenvalue weighted by Crippen LogP contribution is 2.36. The number of rotatable bonds is 5. The molecule has 1 fully saturated rings. The molecule has 2 aromatic rings. The maximum atomic E-state index is 12.5. The van der Waals surface area contributed by atoms with Gasteiger partial charge in [0.25, 0.3) is 5.91 Å². The van der Waals surface area contributed by atoms with Crippen molar-refractivity contribution in [2.45, 2.75) is 44.6 Å². The van der Waals surface area contributed by atoms with Gasteiger partial charge in [-0.05, 0) is 37.0 Å². The topological polar surface area (TPSA) is 67.2 Å². The number of nitrogens with zero attached hydrogens (tertiary/aromatic N) is 3. The molecule has 0 saturated heterocycles. The van der Waals surface area contributed by atoms with Gasteiger partial charge in [-0.3, -0.25) is 9.59 Å². The predicted octanol–water partition coefficient (Wildman–Crippen LogP) is 2.33. The van der Waals surface area contributed by atoms with Gasteiger partial charge in [0.2, 0.25) is 5.91 Å². The molecule has 1 unspecified atom stereocenters. The van der Waals surface area contributed by atoms with Crippen LogP contribution in [0.15, 0.2) is 35.4 Å². The summed E-state index contributed by atoms with van der Waals surface area (Å²) < 4.78 is 2.06. The van der Waals surface area contributed by atoms with Gasteiger partial charge in [0, 0.05) is 32.6 Å². The van der Waals surface area contributed by atoms with E-state index in [2.05, 4.69) is 14.9 Å². The fourth-order valence-electron chi connectivity index (χ4n) is 4.41. The normalized spacial score (nSPS) is 19.7. The van der Waals surface area contributed by atoms with Crippen molar-refractivity contribution in [3.63, 3.8) is 0 Å². The number of hydrogen-bond donors (Lipinski definition) is 1. The van der Waals surface area contributed by atoms with Crippen LogP contribution in [0.1, 0.15) is 37.9 Å². The number of benzene rings is 1. The molecule has 2 aliphatic rings. The number of nitrogens with one attached hydrogen (secondary N) is 1. The minimum Gasteiger partial charge on any atom is -0.355 e. The number of amides is 2. The number of likely N-dealkylation sites (N-methyl/N-ethyl adjacent to an activating group) is 1. The Labute approximate surface area is 159 Å². The molecule has 1 aliphatic heterocycles. The van der Waals surface area contributed by atoms with Crippen molar-refractivity contribution >= 4 is 22.8 Å². The number of aryl methyl sites for hydroxylation is 1. The molecule has 4 rings (SSSR count). The zero-order chi connectivity index (χ0) is 19.0. The maximum absolute atomic E-state index is 12.5. The van der Waals surface area contributed by atoms with E-state index in [9.17, 15) is 9.59 Å². The first kappa shape index (κ1) is 17.8. The van der Waals surface area contributed by atoms with Crippen molar-refractivity contribution in [3.8, 4) is 0 Å². The van der Waals surface area contributed by atoms with Crippen LogP contribution in [0.2, 0.25) is 0 Å². The van der Waals surface area contributed by atoms with Crippen LogP contribution in [-0.2, 0) is 23.1 Å². The second-order valence-corrected chi connectivity index (χ2v) is 7.53. The van der Waals surface area contributed by atoms with Crippen LogP contribution in [0.5, 0.6) is 0 Å². The van der Waals surface area contributed by atoms with E-state index < -0.39 is 0 Å². The summed E-state index contributed by atoms with van der Waals surface area (Å²) >= 11 is 0. The average Bonchev–Trinajstić information content (AvgIpc) is 3.12. The average molecular weight is 366 g/mol. The molecule has 1 aromatic heterocycles. The molecule has 0 bridgehead atoms. The van der Waals surface area contributed by atoms with Crippen LogP contribution in [0.25, 0.3) is 11.0 Å². The highest BCUT2D eigenvalue weighted by atomic mass is 16.2. The molecule has 1 atom stereocenters. The first-order chi connectivity index (χ1) is 13.1. The molecule has 0 radical (unpaired) electrons. The lowest BCUT2D eigenvalue weighted by Crippen LogP contribution is -2.33. The molecule has 6 nitrogen and oxygen atoms in total. The summed E-state index contributed by atoms with van der Waals surface area (Å²) in [5.41, 5.74) is 3.98. The first-order valence-electron chi connectivity index (χ1n) is 9.72. The monoisotopic (exact) mass is 366 g/mol. The Morgan fingerprint density at radius 1 is 1.26 bits per heavy atom. The Balaban J connectivity index is 1.37. The van der Waals surface area contributed by atoms with Gasteiger partial charge < -0.3 is 14.8 Å². The summed E-state index contributed by atoms with van der Waals surface area (Å²) in [4.78, 5) is 31.4. The van der Waals surface area contributed by atoms with Gasteiger partial charge in [-0.15, -0.1) is 0 Å². The molecule has 27 heavy (non-hydrogen) atoms. The Bertz CT molecular complexity index is 927. The van der Waals surface area contributed by atoms with Gasteiger partial charge in [0.15, 0.2) is 0 Å². The van der Waals surface area contributed by atoms with E-state index >= 15 is 0 Å². The lowest BCUT2D eigenvalue weighted by molar-refractivity contribution is -0.127. The van der Waals surface area contributed by atoms with Crippen molar-refractivity contribution in [2.24, 2.45) is 7.05 Å². The largest absolute Gasteiger partial charge is 0.355 e. The summed E-state index contributed by atoms with van der Waals surface area (Å²) in [6.45, 7) is 0.520. The minimum absolute atomic E-state index is 0.0300. The second kappa shape index (κ2) is 7.18. The van der Waals surface area contributed by atoms with Gasteiger partial charge in [-0.1, -0.05) is 18.6 Å². The van der Waals surface area contributed by atoms with E-state index in [0.29, 0.717) is 13.0 Å². The molecular formula is C21H26N4O2. The van der Waals surface area contributed by atoms with Crippen molar-refractivity contribution in [3.05, 3.63) is 41.2 Å². The Morgan fingerprint density at radius 3 is 2.89 bits per heavy atom. The first-order valence-corrected chi connectivity index (χ1v) is 9.72. The summed E-state index contributed by atoms with van der Waals surface area (Å²) in [6, 6.07) is 8.23. The predicted molar refractivity (Wildman–Crippen MR) is 104 cm³/mol. The second-order valence-electron chi connectivity index (χ2n) is 7.53. The standard InChI is InChI=1S/C21H26N4O2/c1-24-18-10-6-4-8-16(18)23-19(24)11-12-22-20(26)13-15-14-7-3-5-9-17(14)25(2)21(15)27/h4,6,8,10,17H,3,5,7,9,11-13H2,1-2H3,(H,22,26). The Kier molecular flexibility index (Phi) is 4.72. The Hall–Kier alpha value is -2.63. The van der Waals surface area contributed by atoms with Crippen LogP contribution >= 0.6 is 0 Å². The van der Waals surface area contributed by atoms with E-state index in [4.69, 9.17) is 0 Å². The van der Waals surface area contributed by atoms with Gasteiger partial charge in [0.05, 0.1) is 23.5 Å². The van der Waals surface area contributed by atoms with Crippen molar-refractivity contribution in [1.29, 1.82) is 0 Å². The van der Waals surface area contributed by atoms with Gasteiger partial charge >= 0.3 is 0 Å². The highest BCUT2D eigenvalue weighted by molar-refractivity contribution is 6.02. The van der Waals surface area contributed by atoms with Crippen molar-refractivity contribution in [2.75, 3.05) is 13.6 Å². The van der Waals surface area contributed by atoms with Gasteiger partial charge in [0.1, 0.15) is 5.82 Å².